The quantitative estimate of drug-likeness (QED) is 0.732. The van der Waals surface area contributed by atoms with Gasteiger partial charge < -0.3 is 9.64 Å². The topological polar surface area (TPSA) is 49.9 Å². The number of likely N-dealkylation sites (N-methyl/N-ethyl adjacent to an activating group) is 1. The summed E-state index contributed by atoms with van der Waals surface area (Å²) in [7, 11) is 0. The molecule has 0 unspecified atom stereocenters. The fourth-order valence-corrected chi connectivity index (χ4v) is 4.06. The minimum atomic E-state index is -0.219. The van der Waals surface area contributed by atoms with Gasteiger partial charge in [0.2, 0.25) is 0 Å². The highest BCUT2D eigenvalue weighted by Crippen LogP contribution is 2.34. The number of amides is 2. The summed E-state index contributed by atoms with van der Waals surface area (Å²) in [5.41, 5.74) is 4.28. The summed E-state index contributed by atoms with van der Waals surface area (Å²) in [6, 6.07) is 15.8. The van der Waals surface area contributed by atoms with Crippen molar-refractivity contribution >= 4 is 17.4 Å². The van der Waals surface area contributed by atoms with E-state index in [0.717, 1.165) is 24.3 Å². The monoisotopic (exact) mass is 390 g/mol. The lowest BCUT2D eigenvalue weighted by atomic mass is 9.98. The van der Waals surface area contributed by atoms with E-state index >= 15 is 0 Å². The first kappa shape index (κ1) is 19.2. The Kier molecular flexibility index (Phi) is 5.14. The molecule has 2 aromatic rings. The zero-order valence-corrected chi connectivity index (χ0v) is 17.1. The van der Waals surface area contributed by atoms with Gasteiger partial charge in [0.1, 0.15) is 11.4 Å². The summed E-state index contributed by atoms with van der Waals surface area (Å²) in [5.74, 6) is 0.334. The Morgan fingerprint density at radius 2 is 1.66 bits per heavy atom. The van der Waals surface area contributed by atoms with Crippen LogP contribution in [0, 0.1) is 0 Å². The van der Waals surface area contributed by atoms with Gasteiger partial charge in [0.05, 0.1) is 11.7 Å². The van der Waals surface area contributed by atoms with Gasteiger partial charge in [-0.25, -0.2) is 0 Å². The second-order valence-corrected chi connectivity index (χ2v) is 7.71. The van der Waals surface area contributed by atoms with Crippen LogP contribution in [0.5, 0.6) is 5.75 Å². The maximum absolute atomic E-state index is 13.1. The Balaban J connectivity index is 1.74. The minimum Gasteiger partial charge on any atom is -0.491 e. The Morgan fingerprint density at radius 1 is 0.966 bits per heavy atom. The second kappa shape index (κ2) is 7.74. The first-order valence-corrected chi connectivity index (χ1v) is 10.2. The Bertz CT molecular complexity index is 976. The van der Waals surface area contributed by atoms with Crippen LogP contribution in [0.2, 0.25) is 0 Å². The zero-order chi connectivity index (χ0) is 20.5. The number of fused-ring (bicyclic) bond motifs is 1. The second-order valence-electron chi connectivity index (χ2n) is 7.71. The molecule has 0 atom stereocenters. The lowest BCUT2D eigenvalue weighted by Gasteiger charge is -2.31. The van der Waals surface area contributed by atoms with Gasteiger partial charge in [-0.2, -0.15) is 0 Å². The maximum atomic E-state index is 13.1. The highest BCUT2D eigenvalue weighted by molar-refractivity contribution is 6.35. The number of nitrogens with zero attached hydrogens (tertiary/aromatic N) is 2. The third-order valence-electron chi connectivity index (χ3n) is 5.42. The van der Waals surface area contributed by atoms with Crippen LogP contribution in [0.25, 0.3) is 5.57 Å². The van der Waals surface area contributed by atoms with Crippen molar-refractivity contribution in [2.45, 2.75) is 39.8 Å². The molecular weight excluding hydrogens is 364 g/mol. The largest absolute Gasteiger partial charge is 0.491 e. The van der Waals surface area contributed by atoms with Crippen LogP contribution < -0.4 is 4.74 Å². The lowest BCUT2D eigenvalue weighted by Crippen LogP contribution is -2.37. The summed E-state index contributed by atoms with van der Waals surface area (Å²) >= 11 is 0. The van der Waals surface area contributed by atoms with Crippen molar-refractivity contribution in [1.29, 1.82) is 0 Å². The summed E-state index contributed by atoms with van der Waals surface area (Å²) in [5, 5.41) is 0. The van der Waals surface area contributed by atoms with Gasteiger partial charge in [-0.1, -0.05) is 36.4 Å². The summed E-state index contributed by atoms with van der Waals surface area (Å²) in [6.45, 7) is 7.51. The molecule has 5 nitrogen and oxygen atoms in total. The van der Waals surface area contributed by atoms with E-state index in [1.54, 1.807) is 0 Å². The van der Waals surface area contributed by atoms with Crippen molar-refractivity contribution in [3.8, 4) is 5.75 Å². The third-order valence-corrected chi connectivity index (χ3v) is 5.42. The van der Waals surface area contributed by atoms with E-state index in [2.05, 4.69) is 17.0 Å². The van der Waals surface area contributed by atoms with Gasteiger partial charge >= 0.3 is 0 Å². The van der Waals surface area contributed by atoms with Crippen molar-refractivity contribution < 1.29 is 14.3 Å². The molecule has 0 N–H and O–H groups in total. The van der Waals surface area contributed by atoms with Gasteiger partial charge in [-0.15, -0.1) is 0 Å². The molecule has 2 heterocycles. The van der Waals surface area contributed by atoms with Crippen molar-refractivity contribution in [2.24, 2.45) is 0 Å². The fraction of sp³-hybridized carbons (Fsp3) is 0.333. The molecule has 0 saturated heterocycles. The summed E-state index contributed by atoms with van der Waals surface area (Å²) in [4.78, 5) is 29.6. The molecule has 150 valence electrons. The van der Waals surface area contributed by atoms with E-state index in [1.165, 1.54) is 16.0 Å². The number of imide groups is 1. The van der Waals surface area contributed by atoms with Gasteiger partial charge in [0, 0.05) is 19.6 Å². The van der Waals surface area contributed by atoms with E-state index in [1.807, 2.05) is 57.2 Å². The SMILES string of the molecule is CCN1C(=O)C(c2ccc(OC(C)C)cc2)=C(N2CCc3ccccc3C2)C1=O. The van der Waals surface area contributed by atoms with Crippen LogP contribution in [-0.2, 0) is 22.6 Å². The standard InChI is InChI=1S/C24H26N2O3/c1-4-26-23(27)21(18-9-11-20(12-10-18)29-16(2)3)22(24(26)28)25-14-13-17-7-5-6-8-19(17)15-25/h5-12,16H,4,13-15H2,1-3H3. The number of carbonyl (C=O) groups excluding carboxylic acids is 2. The molecule has 2 aliphatic heterocycles. The van der Waals surface area contributed by atoms with Gasteiger partial charge in [0.25, 0.3) is 11.8 Å². The molecule has 2 amide bonds. The number of hydrogen-bond acceptors (Lipinski definition) is 4. The summed E-state index contributed by atoms with van der Waals surface area (Å²) in [6.07, 6.45) is 0.941. The van der Waals surface area contributed by atoms with Crippen molar-refractivity contribution in [3.63, 3.8) is 0 Å². The van der Waals surface area contributed by atoms with Crippen molar-refractivity contribution in [2.75, 3.05) is 13.1 Å². The fourth-order valence-electron chi connectivity index (χ4n) is 4.06. The predicted octanol–water partition coefficient (Wildman–Crippen LogP) is 3.63. The van der Waals surface area contributed by atoms with E-state index < -0.39 is 0 Å². The molecule has 0 bridgehead atoms. The number of benzene rings is 2. The van der Waals surface area contributed by atoms with Crippen LogP contribution >= 0.6 is 0 Å². The molecule has 29 heavy (non-hydrogen) atoms. The Morgan fingerprint density at radius 3 is 2.31 bits per heavy atom. The molecule has 0 aromatic heterocycles. The molecule has 0 saturated carbocycles. The van der Waals surface area contributed by atoms with Crippen molar-refractivity contribution in [1.82, 2.24) is 9.80 Å². The lowest BCUT2D eigenvalue weighted by molar-refractivity contribution is -0.137. The first-order valence-electron chi connectivity index (χ1n) is 10.2. The van der Waals surface area contributed by atoms with Gasteiger partial charge in [0.15, 0.2) is 0 Å². The zero-order valence-electron chi connectivity index (χ0n) is 17.1. The number of carbonyl (C=O) groups is 2. The maximum Gasteiger partial charge on any atom is 0.277 e. The molecule has 0 spiro atoms. The highest BCUT2D eigenvalue weighted by Gasteiger charge is 2.41. The van der Waals surface area contributed by atoms with Crippen molar-refractivity contribution in [3.05, 3.63) is 70.9 Å². The first-order chi connectivity index (χ1) is 14.0. The van der Waals surface area contributed by atoms with Crippen LogP contribution in [0.4, 0.5) is 0 Å². The number of ether oxygens (including phenoxy) is 1. The highest BCUT2D eigenvalue weighted by atomic mass is 16.5. The van der Waals surface area contributed by atoms with Gasteiger partial charge in [-0.05, 0) is 56.0 Å². The molecule has 0 radical (unpaired) electrons. The summed E-state index contributed by atoms with van der Waals surface area (Å²) < 4.78 is 5.72. The number of rotatable bonds is 5. The molecule has 0 fully saturated rings. The Hall–Kier alpha value is -3.08. The molecule has 0 aliphatic carbocycles. The Labute approximate surface area is 171 Å². The van der Waals surface area contributed by atoms with E-state index in [4.69, 9.17) is 4.74 Å². The van der Waals surface area contributed by atoms with E-state index in [-0.39, 0.29) is 17.9 Å². The van der Waals surface area contributed by atoms with Gasteiger partial charge in [-0.3, -0.25) is 14.5 Å². The molecule has 4 rings (SSSR count). The smallest absolute Gasteiger partial charge is 0.277 e. The van der Waals surface area contributed by atoms with Crippen LogP contribution in [0.1, 0.15) is 37.5 Å². The normalized spacial score (nSPS) is 16.7. The molecule has 2 aliphatic rings. The predicted molar refractivity (Wildman–Crippen MR) is 112 cm³/mol. The molecular formula is C24H26N2O3. The van der Waals surface area contributed by atoms with Crippen LogP contribution in [0.3, 0.4) is 0 Å². The average molecular weight is 390 g/mol. The minimum absolute atomic E-state index is 0.0781. The average Bonchev–Trinajstić information content (AvgIpc) is 2.97. The van der Waals surface area contributed by atoms with Crippen LogP contribution in [-0.4, -0.2) is 40.8 Å². The molecule has 5 heteroatoms. The van der Waals surface area contributed by atoms with E-state index in [0.29, 0.717) is 24.4 Å². The number of hydrogen-bond donors (Lipinski definition) is 0. The van der Waals surface area contributed by atoms with E-state index in [9.17, 15) is 9.59 Å². The third kappa shape index (κ3) is 3.53. The molecule has 2 aromatic carbocycles. The van der Waals surface area contributed by atoms with Crippen LogP contribution in [0.15, 0.2) is 54.2 Å².